The van der Waals surface area contributed by atoms with Gasteiger partial charge in [-0.05, 0) is 85.7 Å². The summed E-state index contributed by atoms with van der Waals surface area (Å²) in [4.78, 5) is 32.5. The molecule has 1 aliphatic heterocycles. The number of amides is 1. The Morgan fingerprint density at radius 2 is 1.74 bits per heavy atom. The standard InChI is InChI=1S/C35H34F6N4O2/c1-20-42-31-14-23(8-11-32(31)44(20)2)21-4-6-22(7-5-21)26-16-25(45-13-3-12-34(37,38)19-45)17-27(28(26)18-46)33(47)43-30-10-9-24(15-29(30)36)35(39,40)41/h4-11,14-15,18,25-28H,3,12-13,16-17,19H2,1-2H3,(H,43,47)/t25-,26?,27?,28+/m0/s1. The number of likely N-dealkylation sites (tertiary alicyclic amines) is 1. The van der Waals surface area contributed by atoms with Gasteiger partial charge in [0.1, 0.15) is 17.9 Å². The van der Waals surface area contributed by atoms with Crippen LogP contribution in [0.3, 0.4) is 0 Å². The first-order valence-electron chi connectivity index (χ1n) is 15.5. The first-order valence-corrected chi connectivity index (χ1v) is 15.5. The van der Waals surface area contributed by atoms with Crippen LogP contribution in [0, 0.1) is 24.6 Å². The molecule has 2 aliphatic rings. The Morgan fingerprint density at radius 3 is 2.40 bits per heavy atom. The van der Waals surface area contributed by atoms with E-state index in [1.165, 1.54) is 0 Å². The Bertz CT molecular complexity index is 1800. The highest BCUT2D eigenvalue weighted by Gasteiger charge is 2.46. The monoisotopic (exact) mass is 656 g/mol. The maximum atomic E-state index is 14.7. The molecule has 0 radical (unpaired) electrons. The number of alkyl halides is 5. The highest BCUT2D eigenvalue weighted by atomic mass is 19.4. The number of rotatable bonds is 6. The molecule has 47 heavy (non-hydrogen) atoms. The van der Waals surface area contributed by atoms with E-state index in [4.69, 9.17) is 0 Å². The van der Waals surface area contributed by atoms with E-state index in [2.05, 4.69) is 10.3 Å². The van der Waals surface area contributed by atoms with Gasteiger partial charge in [-0.15, -0.1) is 0 Å². The number of aromatic nitrogens is 2. The maximum absolute atomic E-state index is 14.7. The molecule has 1 saturated heterocycles. The van der Waals surface area contributed by atoms with Gasteiger partial charge in [0.05, 0.1) is 28.8 Å². The molecule has 0 bridgehead atoms. The van der Waals surface area contributed by atoms with E-state index in [1.807, 2.05) is 61.0 Å². The summed E-state index contributed by atoms with van der Waals surface area (Å²) in [5.74, 6) is -6.49. The lowest BCUT2D eigenvalue weighted by molar-refractivity contribution is -0.137. The number of anilines is 1. The number of nitrogens with zero attached hydrogens (tertiary/aromatic N) is 3. The first-order chi connectivity index (χ1) is 22.2. The van der Waals surface area contributed by atoms with Crippen molar-refractivity contribution in [3.63, 3.8) is 0 Å². The third kappa shape index (κ3) is 6.65. The number of benzene rings is 3. The van der Waals surface area contributed by atoms with Crippen LogP contribution in [0.4, 0.5) is 32.0 Å². The molecule has 0 spiro atoms. The van der Waals surface area contributed by atoms with E-state index in [-0.39, 0.29) is 19.3 Å². The molecule has 6 nitrogen and oxygen atoms in total. The zero-order valence-corrected chi connectivity index (χ0v) is 25.8. The highest BCUT2D eigenvalue weighted by molar-refractivity contribution is 5.94. The molecular weight excluding hydrogens is 622 g/mol. The second-order valence-corrected chi connectivity index (χ2v) is 12.7. The smallest absolute Gasteiger partial charge is 0.331 e. The van der Waals surface area contributed by atoms with Gasteiger partial charge in [-0.3, -0.25) is 9.69 Å². The molecule has 3 aromatic carbocycles. The topological polar surface area (TPSA) is 67.2 Å². The number of piperidine rings is 1. The van der Waals surface area contributed by atoms with Gasteiger partial charge in [0.2, 0.25) is 5.91 Å². The van der Waals surface area contributed by atoms with Gasteiger partial charge in [0.15, 0.2) is 0 Å². The molecule has 2 fully saturated rings. The van der Waals surface area contributed by atoms with Gasteiger partial charge < -0.3 is 14.7 Å². The molecule has 12 heteroatoms. The van der Waals surface area contributed by atoms with Crippen molar-refractivity contribution in [2.45, 2.75) is 56.7 Å². The summed E-state index contributed by atoms with van der Waals surface area (Å²) >= 11 is 0. The van der Waals surface area contributed by atoms with E-state index < -0.39 is 65.4 Å². The van der Waals surface area contributed by atoms with Crippen molar-refractivity contribution in [2.75, 3.05) is 18.4 Å². The van der Waals surface area contributed by atoms with E-state index >= 15 is 0 Å². The number of hydrogen-bond acceptors (Lipinski definition) is 4. The summed E-state index contributed by atoms with van der Waals surface area (Å²) in [5, 5.41) is 2.37. The molecule has 1 saturated carbocycles. The molecule has 248 valence electrons. The van der Waals surface area contributed by atoms with E-state index in [0.29, 0.717) is 31.4 Å². The number of fused-ring (bicyclic) bond motifs is 1. The van der Waals surface area contributed by atoms with Crippen LogP contribution in [-0.2, 0) is 22.8 Å². The minimum Gasteiger partial charge on any atom is -0.331 e. The predicted molar refractivity (Wildman–Crippen MR) is 165 cm³/mol. The maximum Gasteiger partial charge on any atom is 0.416 e. The summed E-state index contributed by atoms with van der Waals surface area (Å²) in [6, 6.07) is 14.8. The average Bonchev–Trinajstić information content (AvgIpc) is 3.32. The van der Waals surface area contributed by atoms with Crippen molar-refractivity contribution in [1.29, 1.82) is 0 Å². The van der Waals surface area contributed by atoms with Gasteiger partial charge in [0.25, 0.3) is 5.92 Å². The zero-order valence-electron chi connectivity index (χ0n) is 25.8. The number of carbonyl (C=O) groups is 2. The Balaban J connectivity index is 1.30. The molecule has 2 heterocycles. The Kier molecular flexibility index (Phi) is 8.67. The second kappa shape index (κ2) is 12.4. The number of halogens is 6. The lowest BCUT2D eigenvalue weighted by Gasteiger charge is -2.46. The summed E-state index contributed by atoms with van der Waals surface area (Å²) in [6.07, 6.45) is -3.66. The lowest BCUT2D eigenvalue weighted by Crippen LogP contribution is -2.52. The molecule has 1 aliphatic carbocycles. The van der Waals surface area contributed by atoms with E-state index in [9.17, 15) is 35.9 Å². The molecule has 6 rings (SSSR count). The van der Waals surface area contributed by atoms with Crippen molar-refractivity contribution >= 4 is 28.9 Å². The summed E-state index contributed by atoms with van der Waals surface area (Å²) < 4.78 is 84.9. The molecule has 1 amide bonds. The third-order valence-electron chi connectivity index (χ3n) is 9.74. The van der Waals surface area contributed by atoms with Crippen molar-refractivity contribution in [3.8, 4) is 11.1 Å². The third-order valence-corrected chi connectivity index (χ3v) is 9.74. The van der Waals surface area contributed by atoms with Gasteiger partial charge in [-0.25, -0.2) is 18.2 Å². The Labute approximate surface area is 267 Å². The van der Waals surface area contributed by atoms with Gasteiger partial charge in [-0.2, -0.15) is 13.2 Å². The van der Waals surface area contributed by atoms with Crippen LogP contribution in [0.5, 0.6) is 0 Å². The molecule has 4 aromatic rings. The Hall–Kier alpha value is -4.19. The second-order valence-electron chi connectivity index (χ2n) is 12.7. The van der Waals surface area contributed by atoms with Gasteiger partial charge in [-0.1, -0.05) is 30.3 Å². The van der Waals surface area contributed by atoms with Crippen molar-refractivity contribution in [2.24, 2.45) is 18.9 Å². The van der Waals surface area contributed by atoms with Crippen molar-refractivity contribution in [1.82, 2.24) is 14.5 Å². The predicted octanol–water partition coefficient (Wildman–Crippen LogP) is 7.75. The van der Waals surface area contributed by atoms with Crippen LogP contribution < -0.4 is 5.32 Å². The lowest BCUT2D eigenvalue weighted by atomic mass is 9.67. The quantitative estimate of drug-likeness (QED) is 0.170. The number of hydrogen-bond donors (Lipinski definition) is 1. The van der Waals surface area contributed by atoms with Crippen LogP contribution in [0.1, 0.15) is 48.6 Å². The first kappa shape index (κ1) is 32.7. The summed E-state index contributed by atoms with van der Waals surface area (Å²) in [5.41, 5.74) is 2.75. The number of nitrogens with one attached hydrogen (secondary N) is 1. The number of carbonyl (C=O) groups excluding carboxylic acids is 2. The van der Waals surface area contributed by atoms with Crippen LogP contribution in [0.25, 0.3) is 22.2 Å². The highest BCUT2D eigenvalue weighted by Crippen LogP contribution is 2.45. The fraction of sp³-hybridized carbons (Fsp3) is 0.400. The summed E-state index contributed by atoms with van der Waals surface area (Å²) in [6.45, 7) is 1.84. The van der Waals surface area contributed by atoms with Crippen LogP contribution in [-0.4, -0.2) is 51.7 Å². The molecule has 1 aromatic heterocycles. The minimum absolute atomic E-state index is 0.0612. The number of aldehydes is 1. The number of imidazole rings is 1. The van der Waals surface area contributed by atoms with Gasteiger partial charge >= 0.3 is 6.18 Å². The van der Waals surface area contributed by atoms with Gasteiger partial charge in [0, 0.05) is 31.3 Å². The van der Waals surface area contributed by atoms with E-state index in [1.54, 1.807) is 4.90 Å². The van der Waals surface area contributed by atoms with Crippen LogP contribution in [0.15, 0.2) is 60.7 Å². The van der Waals surface area contributed by atoms with Crippen molar-refractivity contribution in [3.05, 3.63) is 83.4 Å². The average molecular weight is 657 g/mol. The zero-order chi connectivity index (χ0) is 33.7. The largest absolute Gasteiger partial charge is 0.416 e. The summed E-state index contributed by atoms with van der Waals surface area (Å²) in [7, 11) is 1.94. The SMILES string of the molecule is Cc1nc2cc(-c3ccc(C4C[C@H](N5CCCC(F)(F)C5)CC(C(=O)Nc5ccc(C(F)(F)F)cc5F)[C@@H]4C=O)cc3)ccc2n1C. The molecule has 2 unspecified atom stereocenters. The minimum atomic E-state index is -4.77. The fourth-order valence-corrected chi connectivity index (χ4v) is 7.15. The molecule has 4 atom stereocenters. The molecular formula is C35H34F6N4O2. The van der Waals surface area contributed by atoms with Crippen molar-refractivity contribution < 1.29 is 35.9 Å². The fourth-order valence-electron chi connectivity index (χ4n) is 7.15. The number of aryl methyl sites for hydroxylation is 2. The van der Waals surface area contributed by atoms with Crippen LogP contribution in [0.2, 0.25) is 0 Å². The molecule has 1 N–H and O–H groups in total. The van der Waals surface area contributed by atoms with E-state index in [0.717, 1.165) is 39.6 Å². The normalized spacial score (nSPS) is 23.5. The Morgan fingerprint density at radius 1 is 1.02 bits per heavy atom. The van der Waals surface area contributed by atoms with Crippen LogP contribution >= 0.6 is 0 Å².